The van der Waals surface area contributed by atoms with Crippen molar-refractivity contribution >= 4 is 23.1 Å². The van der Waals surface area contributed by atoms with Crippen LogP contribution in [0.2, 0.25) is 0 Å². The molecule has 0 bridgehead atoms. The lowest BCUT2D eigenvalue weighted by atomic mass is 10.2. The Kier molecular flexibility index (Phi) is 4.41. The van der Waals surface area contributed by atoms with Crippen molar-refractivity contribution in [1.82, 2.24) is 15.2 Å². The maximum atomic E-state index is 13.0. The zero-order valence-electron chi connectivity index (χ0n) is 14.3. The summed E-state index contributed by atoms with van der Waals surface area (Å²) in [7, 11) is 0. The van der Waals surface area contributed by atoms with Crippen LogP contribution in [0.25, 0.3) is 0 Å². The van der Waals surface area contributed by atoms with E-state index in [1.54, 1.807) is 12.1 Å². The zero-order valence-corrected chi connectivity index (χ0v) is 14.3. The van der Waals surface area contributed by atoms with Crippen LogP contribution in [0.5, 0.6) is 0 Å². The minimum atomic E-state index is -0.493. The first-order chi connectivity index (χ1) is 13.1. The van der Waals surface area contributed by atoms with Crippen molar-refractivity contribution in [3.05, 3.63) is 69.7 Å². The molecule has 0 saturated heterocycles. The van der Waals surface area contributed by atoms with Crippen LogP contribution in [-0.2, 0) is 6.54 Å². The average molecular weight is 368 g/mol. The molecule has 9 heteroatoms. The van der Waals surface area contributed by atoms with Crippen molar-refractivity contribution in [2.24, 2.45) is 0 Å². The Labute approximate surface area is 154 Å². The molecule has 1 fully saturated rings. The summed E-state index contributed by atoms with van der Waals surface area (Å²) in [6.07, 6.45) is 2.26. The summed E-state index contributed by atoms with van der Waals surface area (Å²) >= 11 is 0. The Morgan fingerprint density at radius 2 is 1.96 bits per heavy atom. The Balaban J connectivity index is 1.51. The fourth-order valence-electron chi connectivity index (χ4n) is 2.71. The number of nitrogens with zero attached hydrogens (tertiary/aromatic N) is 3. The van der Waals surface area contributed by atoms with Crippen LogP contribution in [0.15, 0.2) is 42.5 Å². The van der Waals surface area contributed by atoms with Crippen LogP contribution in [0.4, 0.5) is 27.5 Å². The van der Waals surface area contributed by atoms with Gasteiger partial charge in [-0.15, -0.1) is 0 Å². The molecule has 3 N–H and O–H groups in total. The van der Waals surface area contributed by atoms with E-state index in [0.29, 0.717) is 24.1 Å². The normalized spacial score (nSPS) is 13.4. The molecule has 0 aliphatic heterocycles. The average Bonchev–Trinajstić information content (AvgIpc) is 3.41. The van der Waals surface area contributed by atoms with Gasteiger partial charge < -0.3 is 10.6 Å². The Morgan fingerprint density at radius 1 is 1.19 bits per heavy atom. The number of nitrogens with one attached hydrogen (secondary N) is 3. The quantitative estimate of drug-likeness (QED) is 0.428. The zero-order chi connectivity index (χ0) is 18.8. The number of benzene rings is 1. The van der Waals surface area contributed by atoms with Gasteiger partial charge in [0.05, 0.1) is 4.92 Å². The molecule has 8 nitrogen and oxygen atoms in total. The number of hydrogen-bond donors (Lipinski definition) is 3. The minimum absolute atomic E-state index is 0.109. The highest BCUT2D eigenvalue weighted by molar-refractivity contribution is 5.66. The molecular formula is C18H17FN6O2. The monoisotopic (exact) mass is 368 g/mol. The lowest BCUT2D eigenvalue weighted by Crippen LogP contribution is -2.05. The van der Waals surface area contributed by atoms with E-state index >= 15 is 0 Å². The van der Waals surface area contributed by atoms with Crippen molar-refractivity contribution in [1.29, 1.82) is 0 Å². The van der Waals surface area contributed by atoms with E-state index in [2.05, 4.69) is 25.8 Å². The van der Waals surface area contributed by atoms with Crippen LogP contribution in [0, 0.1) is 15.9 Å². The van der Waals surface area contributed by atoms with E-state index in [9.17, 15) is 14.5 Å². The van der Waals surface area contributed by atoms with Crippen LogP contribution in [0.1, 0.15) is 30.0 Å². The first-order valence-electron chi connectivity index (χ1n) is 8.54. The van der Waals surface area contributed by atoms with Gasteiger partial charge in [-0.3, -0.25) is 15.2 Å². The van der Waals surface area contributed by atoms with Gasteiger partial charge in [-0.05, 0) is 36.6 Å². The van der Waals surface area contributed by atoms with Crippen LogP contribution in [0.3, 0.4) is 0 Å². The maximum Gasteiger partial charge on any atom is 0.311 e. The highest BCUT2D eigenvalue weighted by Gasteiger charge is 2.26. The molecule has 1 saturated carbocycles. The van der Waals surface area contributed by atoms with Gasteiger partial charge in [0.2, 0.25) is 5.82 Å². The molecule has 3 aromatic rings. The van der Waals surface area contributed by atoms with Crippen LogP contribution >= 0.6 is 0 Å². The van der Waals surface area contributed by atoms with Gasteiger partial charge in [-0.25, -0.2) is 9.37 Å². The smallest absolute Gasteiger partial charge is 0.311 e. The molecule has 1 aliphatic carbocycles. The second-order valence-electron chi connectivity index (χ2n) is 6.41. The highest BCUT2D eigenvalue weighted by Crippen LogP contribution is 2.40. The molecule has 0 radical (unpaired) electrons. The molecule has 27 heavy (non-hydrogen) atoms. The lowest BCUT2D eigenvalue weighted by molar-refractivity contribution is -0.384. The van der Waals surface area contributed by atoms with Gasteiger partial charge in [0.25, 0.3) is 0 Å². The molecule has 2 heterocycles. The fourth-order valence-corrected chi connectivity index (χ4v) is 2.71. The van der Waals surface area contributed by atoms with E-state index in [0.717, 1.165) is 24.1 Å². The number of hydrogen-bond acceptors (Lipinski definition) is 6. The summed E-state index contributed by atoms with van der Waals surface area (Å²) in [4.78, 5) is 15.1. The molecule has 0 unspecified atom stereocenters. The van der Waals surface area contributed by atoms with Crippen molar-refractivity contribution in [2.75, 3.05) is 10.6 Å². The molecule has 0 spiro atoms. The third-order valence-corrected chi connectivity index (χ3v) is 4.32. The van der Waals surface area contributed by atoms with E-state index in [1.807, 2.05) is 6.07 Å². The van der Waals surface area contributed by atoms with Gasteiger partial charge in [0.15, 0.2) is 5.82 Å². The molecule has 1 aliphatic rings. The number of aromatic nitrogens is 3. The topological polar surface area (TPSA) is 109 Å². The van der Waals surface area contributed by atoms with E-state index in [1.165, 1.54) is 24.3 Å². The van der Waals surface area contributed by atoms with E-state index in [-0.39, 0.29) is 17.3 Å². The van der Waals surface area contributed by atoms with Crippen LogP contribution in [-0.4, -0.2) is 20.1 Å². The van der Waals surface area contributed by atoms with Crippen molar-refractivity contribution in [3.8, 4) is 0 Å². The summed E-state index contributed by atoms with van der Waals surface area (Å²) in [5, 5.41) is 24.4. The molecule has 0 amide bonds. The second kappa shape index (κ2) is 7.02. The third kappa shape index (κ3) is 4.02. The van der Waals surface area contributed by atoms with E-state index in [4.69, 9.17) is 0 Å². The number of aromatic amines is 1. The predicted molar refractivity (Wildman–Crippen MR) is 98.5 cm³/mol. The third-order valence-electron chi connectivity index (χ3n) is 4.32. The maximum absolute atomic E-state index is 13.0. The number of nitro groups is 1. The Hall–Kier alpha value is -3.49. The fraction of sp³-hybridized carbons (Fsp3) is 0.222. The van der Waals surface area contributed by atoms with Gasteiger partial charge in [-0.2, -0.15) is 5.10 Å². The largest absolute Gasteiger partial charge is 0.366 e. The van der Waals surface area contributed by atoms with Crippen molar-refractivity contribution in [2.45, 2.75) is 25.3 Å². The predicted octanol–water partition coefficient (Wildman–Crippen LogP) is 4.09. The summed E-state index contributed by atoms with van der Waals surface area (Å²) < 4.78 is 13.0. The first kappa shape index (κ1) is 17.0. The van der Waals surface area contributed by atoms with Gasteiger partial charge in [-0.1, -0.05) is 12.1 Å². The molecular weight excluding hydrogens is 351 g/mol. The Morgan fingerprint density at radius 3 is 2.67 bits per heavy atom. The number of H-pyrrole nitrogens is 1. The number of rotatable bonds is 7. The summed E-state index contributed by atoms with van der Waals surface area (Å²) in [6.45, 7) is 0.415. The molecule has 0 atom stereocenters. The number of anilines is 3. The minimum Gasteiger partial charge on any atom is -0.366 e. The second-order valence-corrected chi connectivity index (χ2v) is 6.41. The molecule has 2 aromatic heterocycles. The highest BCUT2D eigenvalue weighted by atomic mass is 19.1. The van der Waals surface area contributed by atoms with E-state index < -0.39 is 4.92 Å². The summed E-state index contributed by atoms with van der Waals surface area (Å²) in [5.74, 6) is 1.26. The van der Waals surface area contributed by atoms with Crippen LogP contribution < -0.4 is 10.6 Å². The molecule has 4 rings (SSSR count). The van der Waals surface area contributed by atoms with Gasteiger partial charge in [0.1, 0.15) is 11.6 Å². The molecule has 1 aromatic carbocycles. The SMILES string of the molecule is O=[N+]([O-])c1ccc(NCc2ccc(F)cc2)nc1Nc1cc(C2CC2)[nH]n1. The van der Waals surface area contributed by atoms with Gasteiger partial charge >= 0.3 is 5.69 Å². The summed E-state index contributed by atoms with van der Waals surface area (Å²) in [5.41, 5.74) is 1.75. The van der Waals surface area contributed by atoms with Crippen molar-refractivity contribution in [3.63, 3.8) is 0 Å². The first-order valence-corrected chi connectivity index (χ1v) is 8.54. The summed E-state index contributed by atoms with van der Waals surface area (Å²) in [6, 6.07) is 10.8. The van der Waals surface area contributed by atoms with Gasteiger partial charge in [0, 0.05) is 30.3 Å². The number of pyridine rings is 1. The number of halogens is 1. The standard InChI is InChI=1S/C18H17FN6O2/c19-13-5-1-11(2-6-13)10-20-16-8-7-15(25(26)27)18(21-16)22-17-9-14(23-24-17)12-3-4-12/h1-2,5-9,12H,3-4,10H2,(H3,20,21,22,23,24). The lowest BCUT2D eigenvalue weighted by Gasteiger charge is -2.09. The Bertz CT molecular complexity index is 968. The van der Waals surface area contributed by atoms with Crippen molar-refractivity contribution < 1.29 is 9.31 Å². The molecule has 138 valence electrons.